The molecule has 1 unspecified atom stereocenters. The maximum absolute atomic E-state index is 13.8. The SMILES string of the molecule is CC(C(=O)NC1CCCCC1)N(Cc1ccc(F)cc1)C(=O)CN(c1ccc(OCc2ccccc2)cc1)S(C)(=O)=O. The molecule has 1 atom stereocenters. The first-order chi connectivity index (χ1) is 20.1. The number of halogens is 1. The van der Waals surface area contributed by atoms with Gasteiger partial charge in [-0.1, -0.05) is 61.7 Å². The van der Waals surface area contributed by atoms with E-state index < -0.39 is 34.3 Å². The third-order valence-corrected chi connectivity index (χ3v) is 8.58. The van der Waals surface area contributed by atoms with Gasteiger partial charge in [-0.25, -0.2) is 12.8 Å². The molecule has 1 aliphatic rings. The summed E-state index contributed by atoms with van der Waals surface area (Å²) in [5.74, 6) is -0.726. The van der Waals surface area contributed by atoms with Gasteiger partial charge in [-0.15, -0.1) is 0 Å². The molecular formula is C32H38FN3O5S. The second-order valence-electron chi connectivity index (χ2n) is 10.7. The van der Waals surface area contributed by atoms with Gasteiger partial charge in [-0.3, -0.25) is 13.9 Å². The van der Waals surface area contributed by atoms with Crippen LogP contribution in [0.2, 0.25) is 0 Å². The summed E-state index contributed by atoms with van der Waals surface area (Å²) in [6.45, 7) is 1.49. The Hall–Kier alpha value is -3.92. The Morgan fingerprint density at radius 1 is 0.929 bits per heavy atom. The Labute approximate surface area is 247 Å². The van der Waals surface area contributed by atoms with Gasteiger partial charge >= 0.3 is 0 Å². The number of anilines is 1. The van der Waals surface area contributed by atoms with Gasteiger partial charge in [-0.05, 0) is 67.3 Å². The van der Waals surface area contributed by atoms with Gasteiger partial charge in [0.2, 0.25) is 21.8 Å². The number of sulfonamides is 1. The van der Waals surface area contributed by atoms with E-state index >= 15 is 0 Å². The molecule has 0 aliphatic heterocycles. The predicted molar refractivity (Wildman–Crippen MR) is 161 cm³/mol. The average molecular weight is 596 g/mol. The van der Waals surface area contributed by atoms with Gasteiger partial charge < -0.3 is 15.0 Å². The standard InChI is InChI=1S/C32H38FN3O5S/c1-24(32(38)34-28-11-7-4-8-12-28)35(21-25-13-15-27(33)16-14-25)31(37)22-36(42(2,39)40)29-17-19-30(20-18-29)41-23-26-9-5-3-6-10-26/h3,5-6,9-10,13-20,24,28H,4,7-8,11-12,21-23H2,1-2H3,(H,34,38). The van der Waals surface area contributed by atoms with E-state index in [4.69, 9.17) is 4.74 Å². The van der Waals surface area contributed by atoms with Crippen molar-refractivity contribution in [2.24, 2.45) is 0 Å². The van der Waals surface area contributed by atoms with Gasteiger partial charge in [0, 0.05) is 12.6 Å². The van der Waals surface area contributed by atoms with E-state index in [0.717, 1.165) is 48.2 Å². The third kappa shape index (κ3) is 8.79. The third-order valence-electron chi connectivity index (χ3n) is 7.44. The minimum atomic E-state index is -3.87. The highest BCUT2D eigenvalue weighted by atomic mass is 32.2. The summed E-state index contributed by atoms with van der Waals surface area (Å²) >= 11 is 0. The normalized spacial score (nSPS) is 14.5. The Bertz CT molecular complexity index is 1430. The van der Waals surface area contributed by atoms with Crippen LogP contribution in [0.25, 0.3) is 0 Å². The van der Waals surface area contributed by atoms with Crippen molar-refractivity contribution >= 4 is 27.5 Å². The molecular weight excluding hydrogens is 557 g/mol. The molecule has 224 valence electrons. The maximum Gasteiger partial charge on any atom is 0.244 e. The van der Waals surface area contributed by atoms with E-state index in [1.807, 2.05) is 30.3 Å². The molecule has 0 spiro atoms. The fraction of sp³-hybridized carbons (Fsp3) is 0.375. The lowest BCUT2D eigenvalue weighted by Crippen LogP contribution is -2.52. The first kappa shape index (κ1) is 31.0. The van der Waals surface area contributed by atoms with E-state index in [0.29, 0.717) is 23.6 Å². The molecule has 0 radical (unpaired) electrons. The van der Waals surface area contributed by atoms with Gasteiger partial charge in [-0.2, -0.15) is 0 Å². The smallest absolute Gasteiger partial charge is 0.244 e. The molecule has 1 saturated carbocycles. The van der Waals surface area contributed by atoms with Gasteiger partial charge in [0.15, 0.2) is 0 Å². The van der Waals surface area contributed by atoms with E-state index in [2.05, 4.69) is 5.32 Å². The molecule has 2 amide bonds. The lowest BCUT2D eigenvalue weighted by Gasteiger charge is -2.33. The number of amides is 2. The number of benzene rings is 3. The van der Waals surface area contributed by atoms with Crippen LogP contribution in [0, 0.1) is 5.82 Å². The van der Waals surface area contributed by atoms with Crippen molar-refractivity contribution in [3.8, 4) is 5.75 Å². The summed E-state index contributed by atoms with van der Waals surface area (Å²) in [4.78, 5) is 28.3. The first-order valence-corrected chi connectivity index (χ1v) is 16.0. The summed E-state index contributed by atoms with van der Waals surface area (Å²) in [7, 11) is -3.87. The zero-order valence-corrected chi connectivity index (χ0v) is 24.9. The van der Waals surface area contributed by atoms with Crippen molar-refractivity contribution in [2.75, 3.05) is 17.1 Å². The number of hydrogen-bond acceptors (Lipinski definition) is 5. The van der Waals surface area contributed by atoms with Crippen LogP contribution in [0.4, 0.5) is 10.1 Å². The molecule has 10 heteroatoms. The van der Waals surface area contributed by atoms with Crippen LogP contribution in [0.3, 0.4) is 0 Å². The summed E-state index contributed by atoms with van der Waals surface area (Å²) < 4.78 is 46.1. The highest BCUT2D eigenvalue weighted by Crippen LogP contribution is 2.24. The first-order valence-electron chi connectivity index (χ1n) is 14.2. The number of carbonyl (C=O) groups is 2. The van der Waals surface area contributed by atoms with E-state index in [1.54, 1.807) is 43.3 Å². The summed E-state index contributed by atoms with van der Waals surface area (Å²) in [6, 6.07) is 20.9. The Morgan fingerprint density at radius 3 is 2.19 bits per heavy atom. The molecule has 42 heavy (non-hydrogen) atoms. The minimum Gasteiger partial charge on any atom is -0.489 e. The Balaban J connectivity index is 1.51. The van der Waals surface area contributed by atoms with Gasteiger partial charge in [0.1, 0.15) is 30.8 Å². The highest BCUT2D eigenvalue weighted by Gasteiger charge is 2.31. The molecule has 0 aromatic heterocycles. The van der Waals surface area contributed by atoms with E-state index in [1.165, 1.54) is 17.0 Å². The minimum absolute atomic E-state index is 0.0161. The lowest BCUT2D eigenvalue weighted by molar-refractivity contribution is -0.139. The molecule has 8 nitrogen and oxygen atoms in total. The Kier molecular flexibility index (Phi) is 10.6. The fourth-order valence-electron chi connectivity index (χ4n) is 5.00. The van der Waals surface area contributed by atoms with E-state index in [-0.39, 0.29) is 18.5 Å². The number of hydrogen-bond donors (Lipinski definition) is 1. The number of nitrogens with one attached hydrogen (secondary N) is 1. The molecule has 1 aliphatic carbocycles. The van der Waals surface area contributed by atoms with Crippen LogP contribution in [0.15, 0.2) is 78.9 Å². The van der Waals surface area contributed by atoms with Gasteiger partial charge in [0.25, 0.3) is 0 Å². The van der Waals surface area contributed by atoms with Crippen LogP contribution in [-0.2, 0) is 32.8 Å². The second-order valence-corrected chi connectivity index (χ2v) is 12.6. The topological polar surface area (TPSA) is 96.0 Å². The highest BCUT2D eigenvalue weighted by molar-refractivity contribution is 7.92. The summed E-state index contributed by atoms with van der Waals surface area (Å²) in [5.41, 5.74) is 1.90. The van der Waals surface area contributed by atoms with Crippen molar-refractivity contribution < 1.29 is 27.1 Å². The molecule has 1 fully saturated rings. The summed E-state index contributed by atoms with van der Waals surface area (Å²) in [6.07, 6.45) is 6.02. The second kappa shape index (κ2) is 14.3. The number of ether oxygens (including phenoxy) is 1. The number of rotatable bonds is 12. The molecule has 0 heterocycles. The van der Waals surface area contributed by atoms with Crippen molar-refractivity contribution in [3.05, 3.63) is 95.8 Å². The van der Waals surface area contributed by atoms with Crippen molar-refractivity contribution in [1.29, 1.82) is 0 Å². The van der Waals surface area contributed by atoms with Gasteiger partial charge in [0.05, 0.1) is 11.9 Å². The van der Waals surface area contributed by atoms with Crippen LogP contribution in [-0.4, -0.2) is 50.0 Å². The molecule has 0 bridgehead atoms. The monoisotopic (exact) mass is 595 g/mol. The zero-order chi connectivity index (χ0) is 30.1. The molecule has 3 aromatic rings. The average Bonchev–Trinajstić information content (AvgIpc) is 2.99. The summed E-state index contributed by atoms with van der Waals surface area (Å²) in [5, 5.41) is 3.06. The maximum atomic E-state index is 13.8. The zero-order valence-electron chi connectivity index (χ0n) is 24.0. The predicted octanol–water partition coefficient (Wildman–Crippen LogP) is 5.04. The Morgan fingerprint density at radius 2 is 1.57 bits per heavy atom. The number of nitrogens with zero attached hydrogens (tertiary/aromatic N) is 2. The van der Waals surface area contributed by atoms with Crippen LogP contribution in [0.1, 0.15) is 50.2 Å². The quantitative estimate of drug-likeness (QED) is 0.317. The van der Waals surface area contributed by atoms with Crippen LogP contribution >= 0.6 is 0 Å². The largest absolute Gasteiger partial charge is 0.489 e. The molecule has 3 aromatic carbocycles. The molecule has 0 saturated heterocycles. The lowest BCUT2D eigenvalue weighted by atomic mass is 9.95. The van der Waals surface area contributed by atoms with Crippen molar-refractivity contribution in [1.82, 2.24) is 10.2 Å². The fourth-order valence-corrected chi connectivity index (χ4v) is 5.85. The van der Waals surface area contributed by atoms with Crippen LogP contribution < -0.4 is 14.4 Å². The van der Waals surface area contributed by atoms with E-state index in [9.17, 15) is 22.4 Å². The van der Waals surface area contributed by atoms with Crippen LogP contribution in [0.5, 0.6) is 5.75 Å². The molecule has 1 N–H and O–H groups in total. The van der Waals surface area contributed by atoms with Crippen molar-refractivity contribution in [3.63, 3.8) is 0 Å². The van der Waals surface area contributed by atoms with Crippen molar-refractivity contribution in [2.45, 2.75) is 64.3 Å². The number of carbonyl (C=O) groups excluding carboxylic acids is 2. The molecule has 4 rings (SSSR count).